The number of likely N-dealkylation sites (N-methyl/N-ethyl adjacent to an activating group) is 1. The molecule has 0 spiro atoms. The van der Waals surface area contributed by atoms with E-state index in [4.69, 9.17) is 10.5 Å². The van der Waals surface area contributed by atoms with Gasteiger partial charge in [-0.05, 0) is 32.2 Å². The normalized spacial score (nSPS) is 47.1. The van der Waals surface area contributed by atoms with E-state index >= 15 is 0 Å². The Morgan fingerprint density at radius 1 is 1.25 bits per heavy atom. The fourth-order valence-electron chi connectivity index (χ4n) is 5.14. The van der Waals surface area contributed by atoms with E-state index in [0.29, 0.717) is 12.0 Å². The molecule has 0 aromatic carbocycles. The zero-order chi connectivity index (χ0) is 14.5. The third kappa shape index (κ3) is 2.05. The van der Waals surface area contributed by atoms with Gasteiger partial charge in [0.1, 0.15) is 0 Å². The molecule has 5 unspecified atom stereocenters. The Balaban J connectivity index is 1.67. The summed E-state index contributed by atoms with van der Waals surface area (Å²) in [6.07, 6.45) is 7.03. The summed E-state index contributed by atoms with van der Waals surface area (Å²) in [5, 5.41) is 0. The fourth-order valence-corrected chi connectivity index (χ4v) is 5.14. The Hall–Kier alpha value is -0.120. The number of hydrogen-bond acceptors (Lipinski definition) is 3. The molecule has 1 aliphatic heterocycles. The van der Waals surface area contributed by atoms with E-state index in [2.05, 4.69) is 32.7 Å². The van der Waals surface area contributed by atoms with Crippen LogP contribution in [0.5, 0.6) is 0 Å². The van der Waals surface area contributed by atoms with Gasteiger partial charge in [-0.1, -0.05) is 33.6 Å². The third-order valence-corrected chi connectivity index (χ3v) is 6.71. The summed E-state index contributed by atoms with van der Waals surface area (Å²) in [7, 11) is 2.29. The van der Waals surface area contributed by atoms with Crippen molar-refractivity contribution in [2.24, 2.45) is 23.0 Å². The smallest absolute Gasteiger partial charge is 0.0691 e. The lowest BCUT2D eigenvalue weighted by Crippen LogP contribution is -2.78. The van der Waals surface area contributed by atoms with Gasteiger partial charge in [0.05, 0.1) is 6.10 Å². The van der Waals surface area contributed by atoms with E-state index < -0.39 is 0 Å². The average Bonchev–Trinajstić information content (AvgIpc) is 2.87. The van der Waals surface area contributed by atoms with Gasteiger partial charge in [0.25, 0.3) is 0 Å². The van der Waals surface area contributed by atoms with Gasteiger partial charge in [0.15, 0.2) is 0 Å². The van der Waals surface area contributed by atoms with Crippen molar-refractivity contribution in [2.75, 3.05) is 20.2 Å². The minimum absolute atomic E-state index is 0.0659. The molecule has 3 aliphatic rings. The molecule has 5 atom stereocenters. The molecule has 0 bridgehead atoms. The Labute approximate surface area is 124 Å². The molecule has 2 aliphatic carbocycles. The second-order valence-electron chi connectivity index (χ2n) is 8.29. The first-order chi connectivity index (χ1) is 9.36. The summed E-state index contributed by atoms with van der Waals surface area (Å²) in [6.45, 7) is 8.93. The van der Waals surface area contributed by atoms with Crippen molar-refractivity contribution in [3.8, 4) is 0 Å². The predicted octanol–water partition coefficient (Wildman–Crippen LogP) is 2.64. The maximum absolute atomic E-state index is 6.89. The molecule has 20 heavy (non-hydrogen) atoms. The molecular formula is C17H32N2O. The molecule has 3 nitrogen and oxygen atoms in total. The molecule has 3 rings (SSSR count). The standard InChI is InChI=1S/C17H32N2O/c1-12-6-5-7-13(10-12)19(4)11-17(18)14-8-9-20-15(14)16(17,2)3/h12-15H,5-11,18H2,1-4H3. The van der Waals surface area contributed by atoms with Crippen molar-refractivity contribution in [1.29, 1.82) is 0 Å². The number of rotatable bonds is 3. The van der Waals surface area contributed by atoms with Crippen molar-refractivity contribution < 1.29 is 4.74 Å². The molecule has 3 heteroatoms. The predicted molar refractivity (Wildman–Crippen MR) is 82.6 cm³/mol. The van der Waals surface area contributed by atoms with Gasteiger partial charge < -0.3 is 15.4 Å². The van der Waals surface area contributed by atoms with Gasteiger partial charge >= 0.3 is 0 Å². The van der Waals surface area contributed by atoms with Crippen LogP contribution < -0.4 is 5.73 Å². The quantitative estimate of drug-likeness (QED) is 0.864. The molecule has 2 N–H and O–H groups in total. The van der Waals surface area contributed by atoms with E-state index in [1.807, 2.05) is 0 Å². The molecule has 116 valence electrons. The second-order valence-corrected chi connectivity index (χ2v) is 8.29. The molecule has 0 radical (unpaired) electrons. The molecule has 1 saturated heterocycles. The Morgan fingerprint density at radius 2 is 2.00 bits per heavy atom. The van der Waals surface area contributed by atoms with E-state index in [-0.39, 0.29) is 11.0 Å². The van der Waals surface area contributed by atoms with Crippen LogP contribution in [0.1, 0.15) is 52.9 Å². The fraction of sp³-hybridized carbons (Fsp3) is 1.00. The van der Waals surface area contributed by atoms with Gasteiger partial charge in [-0.15, -0.1) is 0 Å². The molecule has 1 heterocycles. The highest BCUT2D eigenvalue weighted by Crippen LogP contribution is 2.58. The van der Waals surface area contributed by atoms with E-state index in [0.717, 1.165) is 31.5 Å². The minimum atomic E-state index is -0.0659. The maximum Gasteiger partial charge on any atom is 0.0691 e. The number of hydrogen-bond donors (Lipinski definition) is 1. The average molecular weight is 280 g/mol. The highest BCUT2D eigenvalue weighted by atomic mass is 16.5. The van der Waals surface area contributed by atoms with Crippen LogP contribution in [0.15, 0.2) is 0 Å². The summed E-state index contributed by atoms with van der Waals surface area (Å²) >= 11 is 0. The lowest BCUT2D eigenvalue weighted by atomic mass is 9.48. The Kier molecular flexibility index (Phi) is 3.67. The highest BCUT2D eigenvalue weighted by molar-refractivity contribution is 5.21. The van der Waals surface area contributed by atoms with Crippen molar-refractivity contribution in [3.05, 3.63) is 0 Å². The molecule has 0 aromatic heterocycles. The maximum atomic E-state index is 6.89. The monoisotopic (exact) mass is 280 g/mol. The lowest BCUT2D eigenvalue weighted by molar-refractivity contribution is -0.164. The van der Waals surface area contributed by atoms with Crippen LogP contribution in [0.25, 0.3) is 0 Å². The molecular weight excluding hydrogens is 248 g/mol. The van der Waals surface area contributed by atoms with Crippen LogP contribution in [-0.2, 0) is 4.74 Å². The Morgan fingerprint density at radius 3 is 2.70 bits per heavy atom. The molecule has 2 saturated carbocycles. The summed E-state index contributed by atoms with van der Waals surface area (Å²) in [4.78, 5) is 2.56. The summed E-state index contributed by atoms with van der Waals surface area (Å²) in [5.41, 5.74) is 6.93. The SMILES string of the molecule is CC1CCCC(N(C)CC2(N)C3CCOC3C2(C)C)C1. The van der Waals surface area contributed by atoms with Gasteiger partial charge in [-0.25, -0.2) is 0 Å². The summed E-state index contributed by atoms with van der Waals surface area (Å²) in [5.74, 6) is 1.45. The number of fused-ring (bicyclic) bond motifs is 1. The van der Waals surface area contributed by atoms with Crippen LogP contribution in [0.4, 0.5) is 0 Å². The molecule has 0 amide bonds. The van der Waals surface area contributed by atoms with E-state index in [1.165, 1.54) is 25.7 Å². The van der Waals surface area contributed by atoms with Gasteiger partial charge in [-0.2, -0.15) is 0 Å². The first-order valence-corrected chi connectivity index (χ1v) is 8.47. The van der Waals surface area contributed by atoms with E-state index in [1.54, 1.807) is 0 Å². The number of nitrogens with two attached hydrogens (primary N) is 1. The number of nitrogens with zero attached hydrogens (tertiary/aromatic N) is 1. The van der Waals surface area contributed by atoms with Crippen LogP contribution in [0.3, 0.4) is 0 Å². The van der Waals surface area contributed by atoms with E-state index in [9.17, 15) is 0 Å². The summed E-state index contributed by atoms with van der Waals surface area (Å²) < 4.78 is 5.91. The number of ether oxygens (including phenoxy) is 1. The lowest BCUT2D eigenvalue weighted by Gasteiger charge is -2.63. The van der Waals surface area contributed by atoms with Gasteiger partial charge in [0, 0.05) is 36.1 Å². The zero-order valence-corrected chi connectivity index (χ0v) is 13.7. The van der Waals surface area contributed by atoms with Crippen molar-refractivity contribution >= 4 is 0 Å². The Bertz CT molecular complexity index is 370. The highest BCUT2D eigenvalue weighted by Gasteiger charge is 2.67. The van der Waals surface area contributed by atoms with Crippen LogP contribution in [0, 0.1) is 17.3 Å². The topological polar surface area (TPSA) is 38.5 Å². The third-order valence-electron chi connectivity index (χ3n) is 6.71. The molecule has 0 aromatic rings. The van der Waals surface area contributed by atoms with Crippen LogP contribution in [-0.4, -0.2) is 42.8 Å². The van der Waals surface area contributed by atoms with Crippen LogP contribution >= 0.6 is 0 Å². The largest absolute Gasteiger partial charge is 0.377 e. The van der Waals surface area contributed by atoms with Gasteiger partial charge in [0.2, 0.25) is 0 Å². The zero-order valence-electron chi connectivity index (χ0n) is 13.7. The van der Waals surface area contributed by atoms with Crippen LogP contribution in [0.2, 0.25) is 0 Å². The minimum Gasteiger partial charge on any atom is -0.377 e. The van der Waals surface area contributed by atoms with Crippen molar-refractivity contribution in [2.45, 2.75) is 70.6 Å². The summed E-state index contributed by atoms with van der Waals surface area (Å²) in [6, 6.07) is 0.733. The first-order valence-electron chi connectivity index (χ1n) is 8.47. The molecule has 3 fully saturated rings. The first kappa shape index (κ1) is 14.8. The second kappa shape index (κ2) is 4.96. The van der Waals surface area contributed by atoms with Crippen molar-refractivity contribution in [3.63, 3.8) is 0 Å². The van der Waals surface area contributed by atoms with Gasteiger partial charge in [-0.3, -0.25) is 0 Å². The van der Waals surface area contributed by atoms with Crippen molar-refractivity contribution in [1.82, 2.24) is 4.90 Å².